The van der Waals surface area contributed by atoms with Crippen LogP contribution in [0.5, 0.6) is 0 Å². The van der Waals surface area contributed by atoms with Gasteiger partial charge in [-0.25, -0.2) is 0 Å². The van der Waals surface area contributed by atoms with Gasteiger partial charge in [0.1, 0.15) is 0 Å². The molecule has 3 heteroatoms. The molecule has 2 saturated heterocycles. The van der Waals surface area contributed by atoms with Crippen LogP contribution in [0.15, 0.2) is 24.5 Å². The smallest absolute Gasteiger partial charge is 0.0271 e. The molecule has 0 bridgehead atoms. The van der Waals surface area contributed by atoms with Crippen molar-refractivity contribution in [1.82, 2.24) is 15.2 Å². The molecule has 0 aromatic carbocycles. The summed E-state index contributed by atoms with van der Waals surface area (Å²) in [5.41, 5.74) is 2.06. The van der Waals surface area contributed by atoms with Crippen LogP contribution in [0.2, 0.25) is 0 Å². The van der Waals surface area contributed by atoms with E-state index < -0.39 is 0 Å². The molecule has 1 N–H and O–H groups in total. The van der Waals surface area contributed by atoms with Gasteiger partial charge in [-0.15, -0.1) is 0 Å². The normalized spacial score (nSPS) is 22.1. The third-order valence-corrected chi connectivity index (χ3v) is 4.74. The number of rotatable bonds is 2. The second-order valence-corrected chi connectivity index (χ2v) is 5.88. The molecule has 1 aromatic heterocycles. The lowest BCUT2D eigenvalue weighted by molar-refractivity contribution is 0.0701. The molecule has 1 spiro atoms. The van der Waals surface area contributed by atoms with Gasteiger partial charge in [-0.1, -0.05) is 13.8 Å². The van der Waals surface area contributed by atoms with Gasteiger partial charge in [0.05, 0.1) is 0 Å². The molecule has 2 aliphatic heterocycles. The maximum atomic E-state index is 4.08. The third kappa shape index (κ3) is 4.03. The molecule has 2 fully saturated rings. The Morgan fingerprint density at radius 3 is 2.25 bits per heavy atom. The van der Waals surface area contributed by atoms with Crippen LogP contribution in [0.1, 0.15) is 45.1 Å². The fourth-order valence-electron chi connectivity index (χ4n) is 3.39. The Hall–Kier alpha value is -0.930. The van der Waals surface area contributed by atoms with E-state index in [1.165, 1.54) is 57.4 Å². The maximum absolute atomic E-state index is 4.08. The number of hydrogen-bond donors (Lipinski definition) is 1. The van der Waals surface area contributed by atoms with Gasteiger partial charge in [0.25, 0.3) is 0 Å². The zero-order chi connectivity index (χ0) is 14.3. The monoisotopic (exact) mass is 275 g/mol. The van der Waals surface area contributed by atoms with E-state index in [2.05, 4.69) is 27.3 Å². The van der Waals surface area contributed by atoms with Crippen LogP contribution in [0.25, 0.3) is 0 Å². The molecular formula is C17H29N3. The van der Waals surface area contributed by atoms with Gasteiger partial charge in [-0.3, -0.25) is 9.88 Å². The number of nitrogens with one attached hydrogen (secondary N) is 1. The summed E-state index contributed by atoms with van der Waals surface area (Å²) >= 11 is 0. The van der Waals surface area contributed by atoms with Crippen LogP contribution in [-0.4, -0.2) is 36.1 Å². The van der Waals surface area contributed by atoms with Crippen LogP contribution >= 0.6 is 0 Å². The Kier molecular flexibility index (Phi) is 5.99. The molecule has 112 valence electrons. The van der Waals surface area contributed by atoms with Crippen LogP contribution in [0, 0.1) is 5.41 Å². The third-order valence-electron chi connectivity index (χ3n) is 4.74. The Bertz CT molecular complexity index is 361. The molecule has 3 nitrogen and oxygen atoms in total. The van der Waals surface area contributed by atoms with Crippen molar-refractivity contribution in [2.75, 3.05) is 26.2 Å². The van der Waals surface area contributed by atoms with Crippen molar-refractivity contribution in [2.24, 2.45) is 5.41 Å². The van der Waals surface area contributed by atoms with E-state index in [4.69, 9.17) is 0 Å². The standard InChI is InChI=1S/C15H23N3.C2H6/c1-7-16-8-2-14(1)13-18-11-5-15(6-12-18)3-9-17-10-4-15;1-2/h1-2,7-8,17H,3-6,9-13H2;1-2H3. The highest BCUT2D eigenvalue weighted by Crippen LogP contribution is 2.39. The summed E-state index contributed by atoms with van der Waals surface area (Å²) in [7, 11) is 0. The van der Waals surface area contributed by atoms with Crippen LogP contribution in [0.4, 0.5) is 0 Å². The van der Waals surface area contributed by atoms with Crippen molar-refractivity contribution in [1.29, 1.82) is 0 Å². The van der Waals surface area contributed by atoms with E-state index >= 15 is 0 Å². The average molecular weight is 275 g/mol. The SMILES string of the molecule is CC.c1cc(CN2CCC3(CCNCC3)CC2)ccn1. The first kappa shape index (κ1) is 15.5. The highest BCUT2D eigenvalue weighted by atomic mass is 15.1. The first-order chi connectivity index (χ1) is 9.86. The molecule has 0 radical (unpaired) electrons. The fourth-order valence-corrected chi connectivity index (χ4v) is 3.39. The van der Waals surface area contributed by atoms with Crippen molar-refractivity contribution >= 4 is 0 Å². The zero-order valence-corrected chi connectivity index (χ0v) is 13.1. The van der Waals surface area contributed by atoms with E-state index in [1.54, 1.807) is 0 Å². The van der Waals surface area contributed by atoms with Gasteiger partial charge in [-0.2, -0.15) is 0 Å². The second kappa shape index (κ2) is 7.75. The van der Waals surface area contributed by atoms with Gasteiger partial charge in [0.2, 0.25) is 0 Å². The predicted octanol–water partition coefficient (Wildman–Crippen LogP) is 3.07. The Balaban J connectivity index is 0.000000704. The van der Waals surface area contributed by atoms with Gasteiger partial charge in [0.15, 0.2) is 0 Å². The molecule has 0 saturated carbocycles. The van der Waals surface area contributed by atoms with E-state index in [-0.39, 0.29) is 0 Å². The van der Waals surface area contributed by atoms with Gasteiger partial charge >= 0.3 is 0 Å². The number of nitrogens with zero attached hydrogens (tertiary/aromatic N) is 2. The highest BCUT2D eigenvalue weighted by Gasteiger charge is 2.35. The molecule has 0 aliphatic carbocycles. The number of piperidine rings is 2. The molecule has 0 amide bonds. The van der Waals surface area contributed by atoms with E-state index in [1.807, 2.05) is 26.2 Å². The summed E-state index contributed by atoms with van der Waals surface area (Å²) in [6, 6.07) is 4.27. The summed E-state index contributed by atoms with van der Waals surface area (Å²) in [5, 5.41) is 3.49. The Morgan fingerprint density at radius 1 is 1.05 bits per heavy atom. The predicted molar refractivity (Wildman–Crippen MR) is 84.6 cm³/mol. The molecule has 1 aromatic rings. The highest BCUT2D eigenvalue weighted by molar-refractivity contribution is 5.09. The first-order valence-corrected chi connectivity index (χ1v) is 8.18. The minimum atomic E-state index is 0.667. The lowest BCUT2D eigenvalue weighted by atomic mass is 9.71. The first-order valence-electron chi connectivity index (χ1n) is 8.18. The number of likely N-dealkylation sites (tertiary alicyclic amines) is 1. The minimum absolute atomic E-state index is 0.667. The summed E-state index contributed by atoms with van der Waals surface area (Å²) in [6.07, 6.45) is 9.34. The molecule has 2 aliphatic rings. The molecule has 3 rings (SSSR count). The van der Waals surface area contributed by atoms with E-state index in [9.17, 15) is 0 Å². The quantitative estimate of drug-likeness (QED) is 0.899. The zero-order valence-electron chi connectivity index (χ0n) is 13.1. The van der Waals surface area contributed by atoms with Crippen molar-refractivity contribution in [3.63, 3.8) is 0 Å². The molecule has 20 heavy (non-hydrogen) atoms. The maximum Gasteiger partial charge on any atom is 0.0271 e. The molecule has 0 unspecified atom stereocenters. The second-order valence-electron chi connectivity index (χ2n) is 5.88. The summed E-state index contributed by atoms with van der Waals surface area (Å²) < 4.78 is 0. The Labute approximate surface area is 123 Å². The summed E-state index contributed by atoms with van der Waals surface area (Å²) in [6.45, 7) is 10.1. The van der Waals surface area contributed by atoms with Crippen LogP contribution in [0.3, 0.4) is 0 Å². The van der Waals surface area contributed by atoms with Crippen molar-refractivity contribution in [3.05, 3.63) is 30.1 Å². The summed E-state index contributed by atoms with van der Waals surface area (Å²) in [5.74, 6) is 0. The van der Waals surface area contributed by atoms with Crippen LogP contribution in [-0.2, 0) is 6.54 Å². The van der Waals surface area contributed by atoms with E-state index in [0.717, 1.165) is 6.54 Å². The number of pyridine rings is 1. The molecule has 0 atom stereocenters. The number of aromatic nitrogens is 1. The summed E-state index contributed by atoms with van der Waals surface area (Å²) in [4.78, 5) is 6.68. The lowest BCUT2D eigenvalue weighted by Crippen LogP contribution is -2.45. The lowest BCUT2D eigenvalue weighted by Gasteiger charge is -2.44. The molecule has 3 heterocycles. The minimum Gasteiger partial charge on any atom is -0.317 e. The van der Waals surface area contributed by atoms with Gasteiger partial charge in [-0.05, 0) is 75.0 Å². The van der Waals surface area contributed by atoms with Gasteiger partial charge < -0.3 is 5.32 Å². The van der Waals surface area contributed by atoms with Crippen LogP contribution < -0.4 is 5.32 Å². The molecular weight excluding hydrogens is 246 g/mol. The average Bonchev–Trinajstić information content (AvgIpc) is 2.54. The topological polar surface area (TPSA) is 28.2 Å². The van der Waals surface area contributed by atoms with E-state index in [0.29, 0.717) is 5.41 Å². The number of hydrogen-bond acceptors (Lipinski definition) is 3. The largest absolute Gasteiger partial charge is 0.317 e. The Morgan fingerprint density at radius 2 is 1.65 bits per heavy atom. The van der Waals surface area contributed by atoms with Crippen molar-refractivity contribution < 1.29 is 0 Å². The van der Waals surface area contributed by atoms with Crippen molar-refractivity contribution in [2.45, 2.75) is 46.1 Å². The van der Waals surface area contributed by atoms with Gasteiger partial charge in [0, 0.05) is 18.9 Å². The fraction of sp³-hybridized carbons (Fsp3) is 0.706. The van der Waals surface area contributed by atoms with Crippen molar-refractivity contribution in [3.8, 4) is 0 Å².